The Labute approximate surface area is 141 Å². The highest BCUT2D eigenvalue weighted by atomic mass is 35.5. The topological polar surface area (TPSA) is 24.9 Å². The Bertz CT molecular complexity index is 699. The zero-order valence-electron chi connectivity index (χ0n) is 12.9. The number of ether oxygens (including phenoxy) is 2. The van der Waals surface area contributed by atoms with Crippen LogP contribution in [0.5, 0.6) is 11.5 Å². The SMILES string of the molecule is Clc1ccccc1N1CCN(Cc2cccc3c2OCO3)CC1. The summed E-state index contributed by atoms with van der Waals surface area (Å²) in [4.78, 5) is 4.80. The summed E-state index contributed by atoms with van der Waals surface area (Å²) in [6.45, 7) is 5.20. The Kier molecular flexibility index (Phi) is 4.02. The van der Waals surface area contributed by atoms with Crippen molar-refractivity contribution in [3.05, 3.63) is 53.1 Å². The quantitative estimate of drug-likeness (QED) is 0.861. The fourth-order valence-corrected chi connectivity index (χ4v) is 3.47. The molecule has 0 atom stereocenters. The molecule has 5 heteroatoms. The van der Waals surface area contributed by atoms with Crippen LogP contribution in [-0.4, -0.2) is 37.9 Å². The molecular weight excluding hydrogens is 312 g/mol. The van der Waals surface area contributed by atoms with Gasteiger partial charge in [-0.25, -0.2) is 0 Å². The van der Waals surface area contributed by atoms with E-state index >= 15 is 0 Å². The number of piperazine rings is 1. The summed E-state index contributed by atoms with van der Waals surface area (Å²) in [5.74, 6) is 1.76. The van der Waals surface area contributed by atoms with Gasteiger partial charge in [0.1, 0.15) is 0 Å². The van der Waals surface area contributed by atoms with Crippen LogP contribution in [0, 0.1) is 0 Å². The predicted octanol–water partition coefficient (Wildman–Crippen LogP) is 3.39. The zero-order valence-corrected chi connectivity index (χ0v) is 13.6. The molecule has 4 rings (SSSR count). The number of halogens is 1. The minimum Gasteiger partial charge on any atom is -0.454 e. The highest BCUT2D eigenvalue weighted by Crippen LogP contribution is 2.36. The summed E-state index contributed by atoms with van der Waals surface area (Å²) in [6.07, 6.45) is 0. The molecule has 2 aromatic carbocycles. The summed E-state index contributed by atoms with van der Waals surface area (Å²) in [5, 5.41) is 0.826. The van der Waals surface area contributed by atoms with Gasteiger partial charge < -0.3 is 14.4 Å². The number of benzene rings is 2. The second-order valence-corrected chi connectivity index (χ2v) is 6.27. The fourth-order valence-electron chi connectivity index (χ4n) is 3.21. The van der Waals surface area contributed by atoms with Crippen molar-refractivity contribution in [3.8, 4) is 11.5 Å². The van der Waals surface area contributed by atoms with E-state index in [9.17, 15) is 0 Å². The van der Waals surface area contributed by atoms with Crippen molar-refractivity contribution in [1.29, 1.82) is 0 Å². The number of anilines is 1. The van der Waals surface area contributed by atoms with Crippen LogP contribution >= 0.6 is 11.6 Å². The number of nitrogens with zero attached hydrogens (tertiary/aromatic N) is 2. The molecule has 0 spiro atoms. The molecule has 0 radical (unpaired) electrons. The van der Waals surface area contributed by atoms with Gasteiger partial charge in [-0.3, -0.25) is 4.90 Å². The van der Waals surface area contributed by atoms with Crippen LogP contribution in [0.4, 0.5) is 5.69 Å². The lowest BCUT2D eigenvalue weighted by atomic mass is 10.1. The molecule has 0 unspecified atom stereocenters. The fraction of sp³-hybridized carbons (Fsp3) is 0.333. The third kappa shape index (κ3) is 2.96. The first-order valence-electron chi connectivity index (χ1n) is 7.90. The molecule has 0 amide bonds. The Balaban J connectivity index is 1.41. The maximum atomic E-state index is 6.30. The zero-order chi connectivity index (χ0) is 15.6. The van der Waals surface area contributed by atoms with E-state index in [2.05, 4.69) is 21.9 Å². The van der Waals surface area contributed by atoms with Crippen LogP contribution in [0.3, 0.4) is 0 Å². The van der Waals surface area contributed by atoms with Crippen LogP contribution in [0.1, 0.15) is 5.56 Å². The average molecular weight is 331 g/mol. The number of rotatable bonds is 3. The summed E-state index contributed by atoms with van der Waals surface area (Å²) in [5.41, 5.74) is 2.33. The van der Waals surface area contributed by atoms with E-state index in [1.165, 1.54) is 5.56 Å². The summed E-state index contributed by atoms with van der Waals surface area (Å²) in [6, 6.07) is 14.2. The van der Waals surface area contributed by atoms with Gasteiger partial charge in [-0.15, -0.1) is 0 Å². The molecule has 120 valence electrons. The number of fused-ring (bicyclic) bond motifs is 1. The first kappa shape index (κ1) is 14.7. The molecular formula is C18H19ClN2O2. The summed E-state index contributed by atoms with van der Waals surface area (Å²) in [7, 11) is 0. The van der Waals surface area contributed by atoms with Gasteiger partial charge in [0.15, 0.2) is 11.5 Å². The smallest absolute Gasteiger partial charge is 0.231 e. The highest BCUT2D eigenvalue weighted by molar-refractivity contribution is 6.33. The largest absolute Gasteiger partial charge is 0.454 e. The van der Waals surface area contributed by atoms with Crippen molar-refractivity contribution < 1.29 is 9.47 Å². The molecule has 0 aromatic heterocycles. The molecule has 0 saturated carbocycles. The van der Waals surface area contributed by atoms with Crippen molar-refractivity contribution in [2.24, 2.45) is 0 Å². The van der Waals surface area contributed by atoms with Gasteiger partial charge in [-0.1, -0.05) is 35.9 Å². The molecule has 0 N–H and O–H groups in total. The van der Waals surface area contributed by atoms with Gasteiger partial charge >= 0.3 is 0 Å². The average Bonchev–Trinajstić information content (AvgIpc) is 3.06. The van der Waals surface area contributed by atoms with Gasteiger partial charge in [-0.05, 0) is 18.2 Å². The van der Waals surface area contributed by atoms with E-state index in [0.717, 1.165) is 54.9 Å². The van der Waals surface area contributed by atoms with Crippen LogP contribution in [0.2, 0.25) is 5.02 Å². The normalized spacial score (nSPS) is 17.5. The lowest BCUT2D eigenvalue weighted by Gasteiger charge is -2.36. The maximum absolute atomic E-state index is 6.30. The van der Waals surface area contributed by atoms with Gasteiger partial charge in [0.2, 0.25) is 6.79 Å². The number of hydrogen-bond donors (Lipinski definition) is 0. The molecule has 23 heavy (non-hydrogen) atoms. The Morgan fingerprint density at radius 2 is 1.74 bits per heavy atom. The van der Waals surface area contributed by atoms with E-state index in [4.69, 9.17) is 21.1 Å². The van der Waals surface area contributed by atoms with Crippen LogP contribution in [0.15, 0.2) is 42.5 Å². The van der Waals surface area contributed by atoms with E-state index in [1.807, 2.05) is 30.3 Å². The molecule has 1 saturated heterocycles. The standard InChI is InChI=1S/C18H19ClN2O2/c19-15-5-1-2-6-16(15)21-10-8-20(9-11-21)12-14-4-3-7-17-18(14)23-13-22-17/h1-7H,8-13H2. The molecule has 4 nitrogen and oxygen atoms in total. The van der Waals surface area contributed by atoms with Crippen LogP contribution in [0.25, 0.3) is 0 Å². The van der Waals surface area contributed by atoms with E-state index < -0.39 is 0 Å². The number of para-hydroxylation sites is 2. The third-order valence-corrected chi connectivity index (χ3v) is 4.76. The first-order chi connectivity index (χ1) is 11.3. The Hall–Kier alpha value is -1.91. The van der Waals surface area contributed by atoms with Crippen LogP contribution < -0.4 is 14.4 Å². The van der Waals surface area contributed by atoms with Gasteiger partial charge in [0, 0.05) is 38.3 Å². The predicted molar refractivity (Wildman–Crippen MR) is 91.5 cm³/mol. The maximum Gasteiger partial charge on any atom is 0.231 e. The van der Waals surface area contributed by atoms with Crippen molar-refractivity contribution in [3.63, 3.8) is 0 Å². The lowest BCUT2D eigenvalue weighted by Crippen LogP contribution is -2.46. The molecule has 0 bridgehead atoms. The highest BCUT2D eigenvalue weighted by Gasteiger charge is 2.22. The van der Waals surface area contributed by atoms with E-state index in [-0.39, 0.29) is 0 Å². The number of hydrogen-bond acceptors (Lipinski definition) is 4. The van der Waals surface area contributed by atoms with Crippen molar-refractivity contribution in [1.82, 2.24) is 4.90 Å². The monoisotopic (exact) mass is 330 g/mol. The Morgan fingerprint density at radius 3 is 2.57 bits per heavy atom. The van der Waals surface area contributed by atoms with Gasteiger partial charge in [0.05, 0.1) is 10.7 Å². The third-order valence-electron chi connectivity index (χ3n) is 4.44. The van der Waals surface area contributed by atoms with Crippen molar-refractivity contribution >= 4 is 17.3 Å². The second kappa shape index (κ2) is 6.30. The molecule has 2 heterocycles. The van der Waals surface area contributed by atoms with Crippen LogP contribution in [-0.2, 0) is 6.54 Å². The summed E-state index contributed by atoms with van der Waals surface area (Å²) < 4.78 is 11.1. The lowest BCUT2D eigenvalue weighted by molar-refractivity contribution is 0.171. The molecule has 2 aliphatic rings. The minimum absolute atomic E-state index is 0.326. The van der Waals surface area contributed by atoms with Crippen molar-refractivity contribution in [2.75, 3.05) is 37.9 Å². The Morgan fingerprint density at radius 1 is 0.913 bits per heavy atom. The van der Waals surface area contributed by atoms with Gasteiger partial charge in [-0.2, -0.15) is 0 Å². The second-order valence-electron chi connectivity index (χ2n) is 5.87. The van der Waals surface area contributed by atoms with Crippen molar-refractivity contribution in [2.45, 2.75) is 6.54 Å². The van der Waals surface area contributed by atoms with Gasteiger partial charge in [0.25, 0.3) is 0 Å². The molecule has 1 fully saturated rings. The minimum atomic E-state index is 0.326. The molecule has 2 aromatic rings. The van der Waals surface area contributed by atoms with E-state index in [1.54, 1.807) is 0 Å². The molecule has 2 aliphatic heterocycles. The first-order valence-corrected chi connectivity index (χ1v) is 8.28. The molecule has 0 aliphatic carbocycles. The van der Waals surface area contributed by atoms with E-state index in [0.29, 0.717) is 6.79 Å². The summed E-state index contributed by atoms with van der Waals surface area (Å²) >= 11 is 6.30.